The smallest absolute Gasteiger partial charge is 0.251 e. The van der Waals surface area contributed by atoms with E-state index in [1.807, 2.05) is 56.3 Å². The number of hydrogen-bond donors (Lipinski definition) is 1. The van der Waals surface area contributed by atoms with Gasteiger partial charge in [-0.2, -0.15) is 0 Å². The number of nitrogens with one attached hydrogen (secondary N) is 1. The highest BCUT2D eigenvalue weighted by atomic mass is 16.5. The first-order valence-corrected chi connectivity index (χ1v) is 9.22. The largest absolute Gasteiger partial charge is 0.356 e. The van der Waals surface area contributed by atoms with Crippen LogP contribution in [0.1, 0.15) is 31.0 Å². The molecular formula is C21H25N3O3. The van der Waals surface area contributed by atoms with Crippen molar-refractivity contribution in [3.63, 3.8) is 0 Å². The number of nitrogens with zero attached hydrogens (tertiary/aromatic N) is 2. The van der Waals surface area contributed by atoms with Crippen molar-refractivity contribution < 1.29 is 14.3 Å². The number of carbonyl (C=O) groups is 2. The van der Waals surface area contributed by atoms with Crippen molar-refractivity contribution in [1.29, 1.82) is 0 Å². The van der Waals surface area contributed by atoms with E-state index in [0.717, 1.165) is 11.1 Å². The van der Waals surface area contributed by atoms with E-state index >= 15 is 0 Å². The summed E-state index contributed by atoms with van der Waals surface area (Å²) in [6.45, 7) is 4.33. The van der Waals surface area contributed by atoms with Gasteiger partial charge in [-0.25, -0.2) is 0 Å². The second-order valence-electron chi connectivity index (χ2n) is 6.88. The van der Waals surface area contributed by atoms with Crippen LogP contribution in [0.25, 0.3) is 0 Å². The van der Waals surface area contributed by atoms with Gasteiger partial charge in [0.15, 0.2) is 6.10 Å². The fourth-order valence-corrected chi connectivity index (χ4v) is 3.42. The lowest BCUT2D eigenvalue weighted by atomic mass is 9.95. The van der Waals surface area contributed by atoms with Crippen molar-refractivity contribution >= 4 is 11.8 Å². The average Bonchev–Trinajstić information content (AvgIpc) is 2.68. The van der Waals surface area contributed by atoms with Gasteiger partial charge in [0.25, 0.3) is 5.91 Å². The molecular weight excluding hydrogens is 342 g/mol. The van der Waals surface area contributed by atoms with Crippen LogP contribution in [0.4, 0.5) is 0 Å². The number of ether oxygens (including phenoxy) is 1. The van der Waals surface area contributed by atoms with Crippen molar-refractivity contribution in [1.82, 2.24) is 15.2 Å². The van der Waals surface area contributed by atoms with Crippen LogP contribution in [-0.4, -0.2) is 47.0 Å². The molecule has 2 amide bonds. The van der Waals surface area contributed by atoms with Crippen molar-refractivity contribution in [2.24, 2.45) is 0 Å². The summed E-state index contributed by atoms with van der Waals surface area (Å²) in [7, 11) is 0. The molecule has 27 heavy (non-hydrogen) atoms. The highest BCUT2D eigenvalue weighted by Crippen LogP contribution is 2.32. The third kappa shape index (κ3) is 4.52. The van der Waals surface area contributed by atoms with Crippen molar-refractivity contribution in [2.75, 3.05) is 13.2 Å². The molecule has 0 radical (unpaired) electrons. The molecule has 0 unspecified atom stereocenters. The Morgan fingerprint density at radius 2 is 1.93 bits per heavy atom. The highest BCUT2D eigenvalue weighted by Gasteiger charge is 2.42. The third-order valence-electron chi connectivity index (χ3n) is 4.68. The minimum absolute atomic E-state index is 0.0290. The molecule has 1 aliphatic heterocycles. The standard InChI is InChI=1S/C21H25N3O3/c1-15(2)24-18(25)14-27-20(19(24)17-6-4-3-5-7-17)21(26)23-13-10-16-8-11-22-12-9-16/h3-9,11-12,15,19-20H,10,13-14H2,1-2H3,(H,23,26)/t19-,20+/m1/s1. The zero-order valence-corrected chi connectivity index (χ0v) is 15.7. The Labute approximate surface area is 159 Å². The van der Waals surface area contributed by atoms with Gasteiger partial charge in [0, 0.05) is 25.0 Å². The topological polar surface area (TPSA) is 71.5 Å². The summed E-state index contributed by atoms with van der Waals surface area (Å²) in [6.07, 6.45) is 3.45. The van der Waals surface area contributed by atoms with E-state index in [2.05, 4.69) is 10.3 Å². The number of pyridine rings is 1. The molecule has 6 nitrogen and oxygen atoms in total. The summed E-state index contributed by atoms with van der Waals surface area (Å²) in [4.78, 5) is 31.1. The number of carbonyl (C=O) groups excluding carboxylic acids is 2. The highest BCUT2D eigenvalue weighted by molar-refractivity contribution is 5.86. The van der Waals surface area contributed by atoms with Crippen LogP contribution in [0.5, 0.6) is 0 Å². The molecule has 1 fully saturated rings. The van der Waals surface area contributed by atoms with Gasteiger partial charge in [0.1, 0.15) is 6.61 Å². The minimum Gasteiger partial charge on any atom is -0.356 e. The number of morpholine rings is 1. The van der Waals surface area contributed by atoms with Crippen LogP contribution in [0.2, 0.25) is 0 Å². The first-order valence-electron chi connectivity index (χ1n) is 9.22. The summed E-state index contributed by atoms with van der Waals surface area (Å²) < 4.78 is 5.69. The van der Waals surface area contributed by atoms with E-state index in [1.165, 1.54) is 0 Å². The third-order valence-corrected chi connectivity index (χ3v) is 4.68. The summed E-state index contributed by atoms with van der Waals surface area (Å²) >= 11 is 0. The van der Waals surface area contributed by atoms with Gasteiger partial charge in [-0.05, 0) is 43.5 Å². The lowest BCUT2D eigenvalue weighted by molar-refractivity contribution is -0.167. The minimum atomic E-state index is -0.732. The maximum Gasteiger partial charge on any atom is 0.251 e. The number of hydrogen-bond acceptors (Lipinski definition) is 4. The lowest BCUT2D eigenvalue weighted by Crippen LogP contribution is -2.56. The van der Waals surface area contributed by atoms with Crippen LogP contribution in [-0.2, 0) is 20.7 Å². The molecule has 0 bridgehead atoms. The molecule has 0 saturated carbocycles. The molecule has 1 aromatic carbocycles. The van der Waals surface area contributed by atoms with E-state index in [4.69, 9.17) is 4.74 Å². The van der Waals surface area contributed by atoms with Gasteiger partial charge < -0.3 is 15.0 Å². The molecule has 0 spiro atoms. The molecule has 1 saturated heterocycles. The molecule has 2 atom stereocenters. The van der Waals surface area contributed by atoms with Crippen LogP contribution in [0.3, 0.4) is 0 Å². The van der Waals surface area contributed by atoms with E-state index < -0.39 is 12.1 Å². The number of amides is 2. The molecule has 1 N–H and O–H groups in total. The molecule has 0 aliphatic carbocycles. The second kappa shape index (κ2) is 8.77. The zero-order valence-electron chi connectivity index (χ0n) is 15.7. The summed E-state index contributed by atoms with van der Waals surface area (Å²) in [5, 5.41) is 2.95. The van der Waals surface area contributed by atoms with E-state index in [0.29, 0.717) is 13.0 Å². The van der Waals surface area contributed by atoms with Crippen molar-refractivity contribution in [3.05, 3.63) is 66.0 Å². The van der Waals surface area contributed by atoms with Gasteiger partial charge in [-0.15, -0.1) is 0 Å². The maximum atomic E-state index is 12.9. The second-order valence-corrected chi connectivity index (χ2v) is 6.88. The molecule has 3 rings (SSSR count). The van der Waals surface area contributed by atoms with Gasteiger partial charge in [0.2, 0.25) is 5.91 Å². The molecule has 2 aromatic rings. The van der Waals surface area contributed by atoms with Crippen LogP contribution >= 0.6 is 0 Å². The first kappa shape index (κ1) is 19.0. The summed E-state index contributed by atoms with van der Waals surface area (Å²) in [5.74, 6) is -0.296. The normalized spacial score (nSPS) is 20.0. The number of rotatable bonds is 6. The molecule has 1 aliphatic rings. The Kier molecular flexibility index (Phi) is 6.19. The predicted molar refractivity (Wildman–Crippen MR) is 102 cm³/mol. The average molecular weight is 367 g/mol. The van der Waals surface area contributed by atoms with Gasteiger partial charge in [-0.1, -0.05) is 30.3 Å². The van der Waals surface area contributed by atoms with E-state index in [-0.39, 0.29) is 24.5 Å². The maximum absolute atomic E-state index is 12.9. The van der Waals surface area contributed by atoms with Crippen molar-refractivity contribution in [3.8, 4) is 0 Å². The van der Waals surface area contributed by atoms with Gasteiger partial charge in [-0.3, -0.25) is 14.6 Å². The van der Waals surface area contributed by atoms with Gasteiger partial charge >= 0.3 is 0 Å². The van der Waals surface area contributed by atoms with E-state index in [1.54, 1.807) is 17.3 Å². The molecule has 142 valence electrons. The van der Waals surface area contributed by atoms with Crippen LogP contribution in [0, 0.1) is 0 Å². The lowest BCUT2D eigenvalue weighted by Gasteiger charge is -2.42. The fourth-order valence-electron chi connectivity index (χ4n) is 3.42. The Morgan fingerprint density at radius 3 is 2.59 bits per heavy atom. The van der Waals surface area contributed by atoms with Crippen LogP contribution in [0.15, 0.2) is 54.9 Å². The van der Waals surface area contributed by atoms with Crippen molar-refractivity contribution in [2.45, 2.75) is 38.5 Å². The van der Waals surface area contributed by atoms with E-state index in [9.17, 15) is 9.59 Å². The summed E-state index contributed by atoms with van der Waals surface area (Å²) in [6, 6.07) is 13.0. The Balaban J connectivity index is 1.74. The van der Waals surface area contributed by atoms with Gasteiger partial charge in [0.05, 0.1) is 6.04 Å². The monoisotopic (exact) mass is 367 g/mol. The first-order chi connectivity index (χ1) is 13.1. The Bertz CT molecular complexity index is 765. The summed E-state index contributed by atoms with van der Waals surface area (Å²) in [5.41, 5.74) is 2.00. The number of benzene rings is 1. The predicted octanol–water partition coefficient (Wildman–Crippen LogP) is 2.12. The SMILES string of the molecule is CC(C)N1C(=O)CO[C@H](C(=O)NCCc2ccncc2)[C@H]1c1ccccc1. The Hall–Kier alpha value is -2.73. The molecule has 6 heteroatoms. The molecule has 1 aromatic heterocycles. The fraction of sp³-hybridized carbons (Fsp3) is 0.381. The zero-order chi connectivity index (χ0) is 19.2. The number of aromatic nitrogens is 1. The Morgan fingerprint density at radius 1 is 1.22 bits per heavy atom. The van der Waals surface area contributed by atoms with Crippen LogP contribution < -0.4 is 5.32 Å². The molecule has 2 heterocycles. The quantitative estimate of drug-likeness (QED) is 0.849.